The minimum atomic E-state index is -0.561. The first kappa shape index (κ1) is 18.1. The van der Waals surface area contributed by atoms with Gasteiger partial charge in [0.05, 0.1) is 0 Å². The summed E-state index contributed by atoms with van der Waals surface area (Å²) in [5.74, 6) is 1.99. The van der Waals surface area contributed by atoms with Crippen LogP contribution in [-0.4, -0.2) is 42.2 Å². The van der Waals surface area contributed by atoms with Gasteiger partial charge in [0.15, 0.2) is 0 Å². The summed E-state index contributed by atoms with van der Waals surface area (Å²) in [6, 6.07) is -0.527. The quantitative estimate of drug-likeness (QED) is 0.757. The van der Waals surface area contributed by atoms with Crippen molar-refractivity contribution in [3.05, 3.63) is 0 Å². The van der Waals surface area contributed by atoms with Gasteiger partial charge in [0.2, 0.25) is 5.91 Å². The van der Waals surface area contributed by atoms with E-state index in [0.717, 1.165) is 5.75 Å². The zero-order valence-electron chi connectivity index (χ0n) is 13.7. The lowest BCUT2D eigenvalue weighted by Crippen LogP contribution is -2.48. The van der Waals surface area contributed by atoms with Crippen LogP contribution in [0, 0.1) is 11.8 Å². The fraction of sp³-hybridized carbons (Fsp3) is 0.867. The molecule has 2 N–H and O–H groups in total. The standard InChI is InChI=1S/C15H28N2O3S/c1-10-8-11(10)9-16-13(18)12(6-7-21-5)17-14(19)20-15(2,3)4/h10-12H,6-9H2,1-5H3,(H,16,18)(H,17,19). The summed E-state index contributed by atoms with van der Waals surface area (Å²) in [6.07, 6.45) is 3.22. The minimum Gasteiger partial charge on any atom is -0.444 e. The molecule has 21 heavy (non-hydrogen) atoms. The predicted octanol–water partition coefficient (Wildman–Crippen LogP) is 2.41. The van der Waals surface area contributed by atoms with Gasteiger partial charge in [0.1, 0.15) is 11.6 Å². The number of alkyl carbamates (subject to hydrolysis) is 1. The van der Waals surface area contributed by atoms with E-state index >= 15 is 0 Å². The molecule has 0 spiro atoms. The largest absolute Gasteiger partial charge is 0.444 e. The molecule has 0 aromatic carbocycles. The molecular weight excluding hydrogens is 288 g/mol. The third kappa shape index (κ3) is 7.60. The van der Waals surface area contributed by atoms with Crippen molar-refractivity contribution in [3.8, 4) is 0 Å². The Morgan fingerprint density at radius 1 is 1.38 bits per heavy atom. The molecule has 5 nitrogen and oxygen atoms in total. The van der Waals surface area contributed by atoms with Gasteiger partial charge >= 0.3 is 6.09 Å². The summed E-state index contributed by atoms with van der Waals surface area (Å²) >= 11 is 1.65. The van der Waals surface area contributed by atoms with Crippen molar-refractivity contribution in [1.29, 1.82) is 0 Å². The van der Waals surface area contributed by atoms with Crippen LogP contribution in [0.15, 0.2) is 0 Å². The molecule has 1 saturated carbocycles. The van der Waals surface area contributed by atoms with Crippen LogP contribution in [0.1, 0.15) is 40.5 Å². The van der Waals surface area contributed by atoms with Crippen LogP contribution in [0.3, 0.4) is 0 Å². The lowest BCUT2D eigenvalue weighted by atomic mass is 10.2. The monoisotopic (exact) mass is 316 g/mol. The number of carbonyl (C=O) groups excluding carboxylic acids is 2. The number of nitrogens with one attached hydrogen (secondary N) is 2. The molecule has 122 valence electrons. The fourth-order valence-electron chi connectivity index (χ4n) is 1.99. The average molecular weight is 316 g/mol. The normalized spacial score (nSPS) is 22.3. The average Bonchev–Trinajstić information content (AvgIpc) is 3.05. The number of hydrogen-bond acceptors (Lipinski definition) is 4. The Balaban J connectivity index is 2.45. The molecule has 0 aromatic heterocycles. The van der Waals surface area contributed by atoms with Crippen LogP contribution in [-0.2, 0) is 9.53 Å². The highest BCUT2D eigenvalue weighted by molar-refractivity contribution is 7.98. The number of hydrogen-bond donors (Lipinski definition) is 2. The fourth-order valence-corrected chi connectivity index (χ4v) is 2.46. The van der Waals surface area contributed by atoms with E-state index in [-0.39, 0.29) is 5.91 Å². The Morgan fingerprint density at radius 3 is 2.48 bits per heavy atom. The zero-order valence-corrected chi connectivity index (χ0v) is 14.5. The smallest absolute Gasteiger partial charge is 0.408 e. The van der Waals surface area contributed by atoms with Crippen LogP contribution >= 0.6 is 11.8 Å². The topological polar surface area (TPSA) is 67.4 Å². The Morgan fingerprint density at radius 2 is 2.00 bits per heavy atom. The summed E-state index contributed by atoms with van der Waals surface area (Å²) in [5.41, 5.74) is -0.561. The molecule has 0 saturated heterocycles. The second-order valence-corrected chi connectivity index (χ2v) is 7.68. The molecule has 3 unspecified atom stereocenters. The Labute approximate surface area is 132 Å². The van der Waals surface area contributed by atoms with Crippen molar-refractivity contribution in [2.45, 2.75) is 52.2 Å². The number of carbonyl (C=O) groups is 2. The molecule has 0 heterocycles. The van der Waals surface area contributed by atoms with Gasteiger partial charge in [-0.2, -0.15) is 11.8 Å². The van der Waals surface area contributed by atoms with Crippen molar-refractivity contribution in [2.75, 3.05) is 18.6 Å². The highest BCUT2D eigenvalue weighted by Crippen LogP contribution is 2.36. The first-order valence-electron chi connectivity index (χ1n) is 7.49. The number of thioether (sulfide) groups is 1. The summed E-state index contributed by atoms with van der Waals surface area (Å²) < 4.78 is 5.22. The van der Waals surface area contributed by atoms with Gasteiger partial charge in [0.25, 0.3) is 0 Å². The first-order valence-corrected chi connectivity index (χ1v) is 8.88. The Hall–Kier alpha value is -0.910. The molecule has 0 aromatic rings. The SMILES string of the molecule is CSCCC(NC(=O)OC(C)(C)C)C(=O)NCC1CC1C. The molecule has 0 aliphatic heterocycles. The molecule has 3 atom stereocenters. The molecule has 1 aliphatic carbocycles. The van der Waals surface area contributed by atoms with Crippen molar-refractivity contribution in [1.82, 2.24) is 10.6 Å². The second kappa shape index (κ2) is 7.92. The van der Waals surface area contributed by atoms with Gasteiger partial charge in [0, 0.05) is 6.54 Å². The van der Waals surface area contributed by atoms with E-state index in [1.54, 1.807) is 32.5 Å². The Bertz CT molecular complexity index is 368. The van der Waals surface area contributed by atoms with Gasteiger partial charge in [-0.1, -0.05) is 6.92 Å². The van der Waals surface area contributed by atoms with E-state index in [0.29, 0.717) is 24.8 Å². The molecule has 1 rings (SSSR count). The van der Waals surface area contributed by atoms with Crippen LogP contribution in [0.25, 0.3) is 0 Å². The maximum absolute atomic E-state index is 12.2. The second-order valence-electron chi connectivity index (χ2n) is 6.70. The van der Waals surface area contributed by atoms with Crippen LogP contribution in [0.5, 0.6) is 0 Å². The maximum atomic E-state index is 12.2. The zero-order chi connectivity index (χ0) is 16.0. The van der Waals surface area contributed by atoms with E-state index in [4.69, 9.17) is 4.74 Å². The van der Waals surface area contributed by atoms with E-state index in [2.05, 4.69) is 17.6 Å². The lowest BCUT2D eigenvalue weighted by Gasteiger charge is -2.23. The maximum Gasteiger partial charge on any atom is 0.408 e. The van der Waals surface area contributed by atoms with Crippen molar-refractivity contribution in [3.63, 3.8) is 0 Å². The van der Waals surface area contributed by atoms with Gasteiger partial charge < -0.3 is 15.4 Å². The molecule has 1 fully saturated rings. The predicted molar refractivity (Wildman–Crippen MR) is 86.4 cm³/mol. The minimum absolute atomic E-state index is 0.117. The van der Waals surface area contributed by atoms with Gasteiger partial charge in [-0.15, -0.1) is 0 Å². The molecule has 0 radical (unpaired) electrons. The highest BCUT2D eigenvalue weighted by atomic mass is 32.2. The van der Waals surface area contributed by atoms with Gasteiger partial charge in [-0.3, -0.25) is 4.79 Å². The Kier molecular flexibility index (Phi) is 6.84. The molecule has 2 amide bonds. The number of rotatable bonds is 7. The summed E-state index contributed by atoms with van der Waals surface area (Å²) in [6.45, 7) is 8.29. The van der Waals surface area contributed by atoms with Gasteiger partial charge in [-0.05, 0) is 57.5 Å². The third-order valence-electron chi connectivity index (χ3n) is 3.43. The van der Waals surface area contributed by atoms with Crippen molar-refractivity contribution >= 4 is 23.8 Å². The first-order chi connectivity index (χ1) is 9.73. The van der Waals surface area contributed by atoms with Crippen LogP contribution in [0.2, 0.25) is 0 Å². The highest BCUT2D eigenvalue weighted by Gasteiger charge is 2.33. The summed E-state index contributed by atoms with van der Waals surface area (Å²) in [5, 5.41) is 5.61. The summed E-state index contributed by atoms with van der Waals surface area (Å²) in [7, 11) is 0. The molecule has 6 heteroatoms. The van der Waals surface area contributed by atoms with Crippen molar-refractivity contribution < 1.29 is 14.3 Å². The van der Waals surface area contributed by atoms with Gasteiger partial charge in [-0.25, -0.2) is 4.79 Å². The van der Waals surface area contributed by atoms with Crippen molar-refractivity contribution in [2.24, 2.45) is 11.8 Å². The number of ether oxygens (including phenoxy) is 1. The number of amides is 2. The molecule has 1 aliphatic rings. The third-order valence-corrected chi connectivity index (χ3v) is 4.08. The van der Waals surface area contributed by atoms with Crippen LogP contribution < -0.4 is 10.6 Å². The van der Waals surface area contributed by atoms with E-state index in [1.807, 2.05) is 6.26 Å². The summed E-state index contributed by atoms with van der Waals surface area (Å²) in [4.78, 5) is 24.0. The lowest BCUT2D eigenvalue weighted by molar-refractivity contribution is -0.123. The molecule has 0 bridgehead atoms. The van der Waals surface area contributed by atoms with E-state index in [9.17, 15) is 9.59 Å². The molecular formula is C15H28N2O3S. The van der Waals surface area contributed by atoms with E-state index in [1.165, 1.54) is 6.42 Å². The van der Waals surface area contributed by atoms with E-state index < -0.39 is 17.7 Å². The van der Waals surface area contributed by atoms with Crippen LogP contribution in [0.4, 0.5) is 4.79 Å².